The van der Waals surface area contributed by atoms with Crippen molar-refractivity contribution < 1.29 is 4.52 Å². The minimum Gasteiger partial charge on any atom is -0.350 e. The summed E-state index contributed by atoms with van der Waals surface area (Å²) >= 11 is 0. The lowest BCUT2D eigenvalue weighted by Crippen LogP contribution is -2.35. The molecule has 0 heterocycles. The van der Waals surface area contributed by atoms with Crippen LogP contribution in [-0.2, 0) is 4.52 Å². The summed E-state index contributed by atoms with van der Waals surface area (Å²) in [7, 11) is -0.590. The van der Waals surface area contributed by atoms with Crippen LogP contribution in [0.5, 0.6) is 0 Å². The molecule has 1 saturated carbocycles. The summed E-state index contributed by atoms with van der Waals surface area (Å²) in [6.07, 6.45) is 4.34. The highest BCUT2D eigenvalue weighted by Crippen LogP contribution is 2.53. The second kappa shape index (κ2) is 7.45. The molecule has 0 bridgehead atoms. The molecule has 2 rings (SSSR count). The van der Waals surface area contributed by atoms with E-state index in [1.54, 1.807) is 0 Å². The van der Waals surface area contributed by atoms with Crippen LogP contribution in [0.3, 0.4) is 0 Å². The lowest BCUT2D eigenvalue weighted by Gasteiger charge is -2.42. The molecule has 0 N–H and O–H groups in total. The van der Waals surface area contributed by atoms with Gasteiger partial charge in [-0.1, -0.05) is 78.3 Å². The first kappa shape index (κ1) is 18.0. The van der Waals surface area contributed by atoms with Crippen molar-refractivity contribution in [3.8, 4) is 0 Å². The molecule has 1 aliphatic rings. The SMILES string of the molecule is CC(C)[C@@H]1CC[C@@H](C)C[C@H]1OP(c1ccccc1)C(C)(C)C. The maximum atomic E-state index is 6.85. The zero-order valence-corrected chi connectivity index (χ0v) is 16.1. The fourth-order valence-corrected chi connectivity index (χ4v) is 5.71. The van der Waals surface area contributed by atoms with Gasteiger partial charge in [0.1, 0.15) is 0 Å². The molecule has 1 unspecified atom stereocenters. The van der Waals surface area contributed by atoms with E-state index >= 15 is 0 Å². The van der Waals surface area contributed by atoms with Gasteiger partial charge in [-0.3, -0.25) is 0 Å². The molecule has 0 amide bonds. The second-order valence-electron chi connectivity index (χ2n) is 8.27. The number of hydrogen-bond donors (Lipinski definition) is 0. The molecule has 1 aromatic rings. The van der Waals surface area contributed by atoms with Crippen LogP contribution >= 0.6 is 8.15 Å². The van der Waals surface area contributed by atoms with Gasteiger partial charge in [0.2, 0.25) is 0 Å². The molecule has 4 atom stereocenters. The minimum atomic E-state index is -0.590. The fourth-order valence-electron chi connectivity index (χ4n) is 3.54. The molecule has 0 radical (unpaired) electrons. The second-order valence-corrected chi connectivity index (χ2v) is 10.9. The third-order valence-electron chi connectivity index (χ3n) is 4.80. The first-order valence-electron chi connectivity index (χ1n) is 8.81. The van der Waals surface area contributed by atoms with Gasteiger partial charge in [0.25, 0.3) is 0 Å². The van der Waals surface area contributed by atoms with Gasteiger partial charge in [0, 0.05) is 10.5 Å². The molecule has 1 nitrogen and oxygen atoms in total. The minimum absolute atomic E-state index is 0.179. The first-order valence-corrected chi connectivity index (χ1v) is 10.1. The standard InChI is InChI=1S/C20H33OP/c1-15(2)18-13-12-16(3)14-19(18)21-22(20(4,5)6)17-10-8-7-9-11-17/h7-11,15-16,18-19H,12-14H2,1-6H3/t16-,18+,19-,22?/m1/s1. The molecule has 0 aliphatic heterocycles. The smallest absolute Gasteiger partial charge is 0.0662 e. The van der Waals surface area contributed by atoms with Crippen LogP contribution in [0.4, 0.5) is 0 Å². The van der Waals surface area contributed by atoms with Crippen molar-refractivity contribution in [1.82, 2.24) is 0 Å². The monoisotopic (exact) mass is 320 g/mol. The molecule has 1 aliphatic carbocycles. The van der Waals surface area contributed by atoms with Crippen molar-refractivity contribution in [3.05, 3.63) is 30.3 Å². The summed E-state index contributed by atoms with van der Waals surface area (Å²) < 4.78 is 6.85. The largest absolute Gasteiger partial charge is 0.350 e. The third-order valence-corrected chi connectivity index (χ3v) is 7.27. The summed E-state index contributed by atoms with van der Waals surface area (Å²) in [5, 5.41) is 1.56. The van der Waals surface area contributed by atoms with Gasteiger partial charge in [-0.2, -0.15) is 0 Å². The summed E-state index contributed by atoms with van der Waals surface area (Å²) in [6.45, 7) is 14.1. The Kier molecular flexibility index (Phi) is 6.08. The molecule has 0 saturated heterocycles. The van der Waals surface area contributed by atoms with Crippen LogP contribution in [0, 0.1) is 17.8 Å². The third kappa shape index (κ3) is 4.56. The van der Waals surface area contributed by atoms with E-state index in [-0.39, 0.29) is 5.16 Å². The van der Waals surface area contributed by atoms with Crippen molar-refractivity contribution in [2.75, 3.05) is 0 Å². The van der Waals surface area contributed by atoms with Gasteiger partial charge in [-0.05, 0) is 30.6 Å². The highest BCUT2D eigenvalue weighted by Gasteiger charge is 2.36. The molecule has 1 aromatic carbocycles. The van der Waals surface area contributed by atoms with Gasteiger partial charge in [0.15, 0.2) is 0 Å². The van der Waals surface area contributed by atoms with E-state index in [2.05, 4.69) is 71.9 Å². The van der Waals surface area contributed by atoms with Gasteiger partial charge in [0.05, 0.1) is 14.3 Å². The zero-order valence-electron chi connectivity index (χ0n) is 15.2. The van der Waals surface area contributed by atoms with Crippen molar-refractivity contribution in [2.24, 2.45) is 17.8 Å². The summed E-state index contributed by atoms with van der Waals surface area (Å²) in [5.74, 6) is 2.23. The Balaban J connectivity index is 2.21. The van der Waals surface area contributed by atoms with Crippen LogP contribution < -0.4 is 5.30 Å². The average Bonchev–Trinajstić information content (AvgIpc) is 2.44. The predicted molar refractivity (Wildman–Crippen MR) is 99.0 cm³/mol. The molecule has 0 aromatic heterocycles. The van der Waals surface area contributed by atoms with Gasteiger partial charge < -0.3 is 4.52 Å². The van der Waals surface area contributed by atoms with Crippen LogP contribution in [0.1, 0.15) is 60.8 Å². The Morgan fingerprint density at radius 2 is 1.73 bits per heavy atom. The van der Waals surface area contributed by atoms with E-state index in [0.29, 0.717) is 17.9 Å². The molecule has 22 heavy (non-hydrogen) atoms. The maximum absolute atomic E-state index is 6.85. The van der Waals surface area contributed by atoms with Crippen LogP contribution in [0.2, 0.25) is 0 Å². The lowest BCUT2D eigenvalue weighted by molar-refractivity contribution is 0.0546. The molecular weight excluding hydrogens is 287 g/mol. The number of hydrogen-bond acceptors (Lipinski definition) is 1. The molecule has 2 heteroatoms. The van der Waals surface area contributed by atoms with Crippen molar-refractivity contribution in [3.63, 3.8) is 0 Å². The van der Waals surface area contributed by atoms with E-state index in [9.17, 15) is 0 Å². The van der Waals surface area contributed by atoms with E-state index in [1.807, 2.05) is 0 Å². The number of rotatable bonds is 4. The van der Waals surface area contributed by atoms with E-state index < -0.39 is 8.15 Å². The highest BCUT2D eigenvalue weighted by atomic mass is 31.1. The normalized spacial score (nSPS) is 27.9. The topological polar surface area (TPSA) is 9.23 Å². The molecule has 1 fully saturated rings. The van der Waals surface area contributed by atoms with Crippen molar-refractivity contribution in [2.45, 2.75) is 72.1 Å². The lowest BCUT2D eigenvalue weighted by atomic mass is 9.75. The van der Waals surface area contributed by atoms with Crippen molar-refractivity contribution >= 4 is 13.5 Å². The van der Waals surface area contributed by atoms with E-state index in [0.717, 1.165) is 5.92 Å². The van der Waals surface area contributed by atoms with Gasteiger partial charge >= 0.3 is 0 Å². The van der Waals surface area contributed by atoms with Crippen LogP contribution in [-0.4, -0.2) is 11.3 Å². The van der Waals surface area contributed by atoms with Crippen LogP contribution in [0.25, 0.3) is 0 Å². The average molecular weight is 320 g/mol. The van der Waals surface area contributed by atoms with Crippen molar-refractivity contribution in [1.29, 1.82) is 0 Å². The summed E-state index contributed by atoms with van der Waals surface area (Å²) in [4.78, 5) is 0. The Morgan fingerprint density at radius 1 is 1.09 bits per heavy atom. The van der Waals surface area contributed by atoms with Gasteiger partial charge in [-0.15, -0.1) is 0 Å². The quantitative estimate of drug-likeness (QED) is 0.620. The maximum Gasteiger partial charge on any atom is 0.0662 e. The zero-order chi connectivity index (χ0) is 16.3. The van der Waals surface area contributed by atoms with E-state index in [1.165, 1.54) is 24.6 Å². The predicted octanol–water partition coefficient (Wildman–Crippen LogP) is 5.98. The van der Waals surface area contributed by atoms with Gasteiger partial charge in [-0.25, -0.2) is 0 Å². The summed E-state index contributed by atoms with van der Waals surface area (Å²) in [6, 6.07) is 10.9. The van der Waals surface area contributed by atoms with E-state index in [4.69, 9.17) is 4.52 Å². The van der Waals surface area contributed by atoms with Crippen LogP contribution in [0.15, 0.2) is 30.3 Å². The molecule has 124 valence electrons. The Labute approximate surface area is 138 Å². The highest BCUT2D eigenvalue weighted by molar-refractivity contribution is 7.62. The number of benzene rings is 1. The molecular formula is C20H33OP. The molecule has 0 spiro atoms. The Hall–Kier alpha value is -0.390. The Bertz CT molecular complexity index is 449. The fraction of sp³-hybridized carbons (Fsp3) is 0.700. The first-order chi connectivity index (χ1) is 10.3. The summed E-state index contributed by atoms with van der Waals surface area (Å²) in [5.41, 5.74) is 0. The Morgan fingerprint density at radius 3 is 2.27 bits per heavy atom.